The van der Waals surface area contributed by atoms with E-state index in [9.17, 15) is 4.79 Å². The van der Waals surface area contributed by atoms with Crippen molar-refractivity contribution in [2.75, 3.05) is 0 Å². The van der Waals surface area contributed by atoms with E-state index in [0.29, 0.717) is 0 Å². The third-order valence-electron chi connectivity index (χ3n) is 2.21. The molecule has 0 fully saturated rings. The van der Waals surface area contributed by atoms with Gasteiger partial charge in [-0.05, 0) is 25.7 Å². The summed E-state index contributed by atoms with van der Waals surface area (Å²) in [7, 11) is 0. The molecule has 0 aromatic rings. The third kappa shape index (κ3) is 2.66. The molecule has 0 aliphatic heterocycles. The highest BCUT2D eigenvalue weighted by Crippen LogP contribution is 2.16. The molecule has 1 amide bonds. The van der Waals surface area contributed by atoms with Crippen molar-refractivity contribution in [2.24, 2.45) is 5.84 Å². The highest BCUT2D eigenvalue weighted by Gasteiger charge is 2.08. The van der Waals surface area contributed by atoms with Gasteiger partial charge in [0.15, 0.2) is 0 Å². The van der Waals surface area contributed by atoms with Gasteiger partial charge < -0.3 is 0 Å². The number of hydrogen-bond donors (Lipinski definition) is 2. The van der Waals surface area contributed by atoms with Gasteiger partial charge >= 0.3 is 0 Å². The number of rotatable bonds is 1. The number of hydrazine groups is 1. The molecule has 0 radical (unpaired) electrons. The zero-order valence-corrected chi connectivity index (χ0v) is 7.31. The first-order valence-electron chi connectivity index (χ1n) is 4.54. The first-order valence-corrected chi connectivity index (χ1v) is 4.54. The molecule has 0 atom stereocenters. The Morgan fingerprint density at radius 2 is 2.08 bits per heavy atom. The van der Waals surface area contributed by atoms with E-state index >= 15 is 0 Å². The number of nitrogens with one attached hydrogen (secondary N) is 1. The van der Waals surface area contributed by atoms with Crippen LogP contribution in [-0.2, 0) is 4.79 Å². The fraction of sp³-hybridized carbons (Fsp3) is 0.667. The summed E-state index contributed by atoms with van der Waals surface area (Å²) in [5, 5.41) is 0. The summed E-state index contributed by atoms with van der Waals surface area (Å²) in [5.74, 6) is 4.94. The lowest BCUT2D eigenvalue weighted by Crippen LogP contribution is -2.31. The van der Waals surface area contributed by atoms with Crippen LogP contribution < -0.4 is 11.3 Å². The molecule has 0 spiro atoms. The van der Waals surface area contributed by atoms with E-state index in [4.69, 9.17) is 5.84 Å². The maximum absolute atomic E-state index is 11.1. The van der Waals surface area contributed by atoms with Gasteiger partial charge in [-0.3, -0.25) is 10.2 Å². The fourth-order valence-electron chi connectivity index (χ4n) is 1.49. The Balaban J connectivity index is 2.52. The van der Waals surface area contributed by atoms with Crippen molar-refractivity contribution in [1.82, 2.24) is 5.43 Å². The minimum absolute atomic E-state index is 0.114. The van der Waals surface area contributed by atoms with Crippen LogP contribution in [-0.4, -0.2) is 5.91 Å². The quantitative estimate of drug-likeness (QED) is 0.352. The summed E-state index contributed by atoms with van der Waals surface area (Å²) >= 11 is 0. The predicted octanol–water partition coefficient (Wildman–Crippen LogP) is 1.26. The van der Waals surface area contributed by atoms with Crippen LogP contribution in [0.3, 0.4) is 0 Å². The van der Waals surface area contributed by atoms with E-state index in [1.165, 1.54) is 19.3 Å². The lowest BCUT2D eigenvalue weighted by molar-refractivity contribution is -0.117. The minimum Gasteiger partial charge on any atom is -0.290 e. The summed E-state index contributed by atoms with van der Waals surface area (Å²) in [6.07, 6.45) is 8.73. The molecule has 3 nitrogen and oxygen atoms in total. The van der Waals surface area contributed by atoms with Crippen molar-refractivity contribution in [3.63, 3.8) is 0 Å². The van der Waals surface area contributed by atoms with Gasteiger partial charge in [-0.25, -0.2) is 5.84 Å². The molecule has 68 valence electrons. The number of carbonyl (C=O) groups excluding carboxylic acids is 1. The van der Waals surface area contributed by atoms with Crippen LogP contribution in [0.4, 0.5) is 0 Å². The second-order valence-electron chi connectivity index (χ2n) is 3.16. The topological polar surface area (TPSA) is 55.1 Å². The SMILES string of the molecule is NNC(=O)/C1=C/CCCCCC1. The molecular weight excluding hydrogens is 152 g/mol. The Labute approximate surface area is 73.0 Å². The third-order valence-corrected chi connectivity index (χ3v) is 2.21. The monoisotopic (exact) mass is 168 g/mol. The van der Waals surface area contributed by atoms with E-state index in [1.54, 1.807) is 0 Å². The van der Waals surface area contributed by atoms with Crippen LogP contribution in [0.2, 0.25) is 0 Å². The highest BCUT2D eigenvalue weighted by molar-refractivity contribution is 5.92. The second kappa shape index (κ2) is 4.93. The molecule has 0 aromatic carbocycles. The van der Waals surface area contributed by atoms with E-state index in [0.717, 1.165) is 24.8 Å². The molecule has 0 saturated carbocycles. The molecule has 1 aliphatic rings. The van der Waals surface area contributed by atoms with Crippen molar-refractivity contribution in [2.45, 2.75) is 38.5 Å². The van der Waals surface area contributed by atoms with Crippen LogP contribution in [0, 0.1) is 0 Å². The summed E-state index contributed by atoms with van der Waals surface area (Å²) in [5.41, 5.74) is 3.03. The minimum atomic E-state index is -0.114. The summed E-state index contributed by atoms with van der Waals surface area (Å²) in [6, 6.07) is 0. The lowest BCUT2D eigenvalue weighted by atomic mass is 10.00. The number of amides is 1. The Morgan fingerprint density at radius 3 is 2.83 bits per heavy atom. The van der Waals surface area contributed by atoms with E-state index in [-0.39, 0.29) is 5.91 Å². The molecule has 1 aliphatic carbocycles. The van der Waals surface area contributed by atoms with Gasteiger partial charge in [-0.2, -0.15) is 0 Å². The van der Waals surface area contributed by atoms with E-state index in [1.807, 2.05) is 6.08 Å². The number of hydrogen-bond acceptors (Lipinski definition) is 2. The summed E-state index contributed by atoms with van der Waals surface area (Å²) in [4.78, 5) is 11.1. The Hall–Kier alpha value is -0.830. The molecule has 0 bridgehead atoms. The number of allylic oxidation sites excluding steroid dienone is 1. The normalized spacial score (nSPS) is 23.2. The van der Waals surface area contributed by atoms with Gasteiger partial charge in [0, 0.05) is 5.57 Å². The van der Waals surface area contributed by atoms with Crippen molar-refractivity contribution in [1.29, 1.82) is 0 Å². The maximum atomic E-state index is 11.1. The van der Waals surface area contributed by atoms with Crippen molar-refractivity contribution >= 4 is 5.91 Å². The van der Waals surface area contributed by atoms with Crippen molar-refractivity contribution in [3.8, 4) is 0 Å². The second-order valence-corrected chi connectivity index (χ2v) is 3.16. The molecule has 3 heteroatoms. The van der Waals surface area contributed by atoms with E-state index < -0.39 is 0 Å². The van der Waals surface area contributed by atoms with Crippen LogP contribution >= 0.6 is 0 Å². The molecule has 0 aromatic heterocycles. The molecule has 3 N–H and O–H groups in total. The van der Waals surface area contributed by atoms with Crippen LogP contribution in [0.15, 0.2) is 11.6 Å². The molecule has 0 saturated heterocycles. The van der Waals surface area contributed by atoms with Gasteiger partial charge in [0.25, 0.3) is 5.91 Å². The van der Waals surface area contributed by atoms with Crippen molar-refractivity contribution < 1.29 is 4.79 Å². The largest absolute Gasteiger partial charge is 0.290 e. The van der Waals surface area contributed by atoms with Gasteiger partial charge in [0.1, 0.15) is 0 Å². The van der Waals surface area contributed by atoms with Crippen LogP contribution in [0.5, 0.6) is 0 Å². The molecule has 1 rings (SSSR count). The number of carbonyl (C=O) groups is 1. The Bertz CT molecular complexity index is 187. The Kier molecular flexibility index (Phi) is 3.80. The number of nitrogens with two attached hydrogens (primary N) is 1. The van der Waals surface area contributed by atoms with Gasteiger partial charge in [0.05, 0.1) is 0 Å². The average molecular weight is 168 g/mol. The van der Waals surface area contributed by atoms with Crippen LogP contribution in [0.25, 0.3) is 0 Å². The zero-order valence-electron chi connectivity index (χ0n) is 7.31. The first-order chi connectivity index (χ1) is 5.84. The Morgan fingerprint density at radius 1 is 1.33 bits per heavy atom. The molecule has 0 heterocycles. The fourth-order valence-corrected chi connectivity index (χ4v) is 1.49. The van der Waals surface area contributed by atoms with Gasteiger partial charge in [0.2, 0.25) is 0 Å². The lowest BCUT2D eigenvalue weighted by Gasteiger charge is -2.09. The van der Waals surface area contributed by atoms with Crippen molar-refractivity contribution in [3.05, 3.63) is 11.6 Å². The maximum Gasteiger partial charge on any atom is 0.260 e. The highest BCUT2D eigenvalue weighted by atomic mass is 16.2. The van der Waals surface area contributed by atoms with Gasteiger partial charge in [-0.15, -0.1) is 0 Å². The summed E-state index contributed by atoms with van der Waals surface area (Å²) < 4.78 is 0. The molecule has 0 unspecified atom stereocenters. The zero-order chi connectivity index (χ0) is 8.81. The molecule has 12 heavy (non-hydrogen) atoms. The average Bonchev–Trinajstić information content (AvgIpc) is 2.02. The van der Waals surface area contributed by atoms with E-state index in [2.05, 4.69) is 5.43 Å². The first kappa shape index (κ1) is 9.26. The van der Waals surface area contributed by atoms with Crippen LogP contribution in [0.1, 0.15) is 38.5 Å². The smallest absolute Gasteiger partial charge is 0.260 e. The van der Waals surface area contributed by atoms with Gasteiger partial charge in [-0.1, -0.05) is 18.9 Å². The summed E-state index contributed by atoms with van der Waals surface area (Å²) in [6.45, 7) is 0. The standard InChI is InChI=1S/C9H16N2O/c10-11-9(12)8-6-4-2-1-3-5-7-8/h6H,1-5,7,10H2,(H,11,12)/b8-6+. The predicted molar refractivity (Wildman–Crippen MR) is 48.1 cm³/mol. The molecular formula is C9H16N2O.